The van der Waals surface area contributed by atoms with Crippen molar-refractivity contribution in [1.82, 2.24) is 19.9 Å². The summed E-state index contributed by atoms with van der Waals surface area (Å²) in [6, 6.07) is 4.62. The van der Waals surface area contributed by atoms with Gasteiger partial charge in [-0.3, -0.25) is 4.98 Å². The molecule has 0 fully saturated rings. The Morgan fingerprint density at radius 3 is 3.05 bits per heavy atom. The number of imidazole rings is 1. The summed E-state index contributed by atoms with van der Waals surface area (Å²) in [5.74, 6) is 1.12. The van der Waals surface area contributed by atoms with Crippen LogP contribution < -0.4 is 5.32 Å². The number of pyridine rings is 1. The van der Waals surface area contributed by atoms with Gasteiger partial charge in [-0.15, -0.1) is 11.3 Å². The molecule has 0 saturated heterocycles. The quantitative estimate of drug-likeness (QED) is 0.784. The van der Waals surface area contributed by atoms with E-state index < -0.39 is 0 Å². The van der Waals surface area contributed by atoms with Gasteiger partial charge in [0.2, 0.25) is 0 Å². The van der Waals surface area contributed by atoms with Gasteiger partial charge in [0.25, 0.3) is 0 Å². The number of aromatic nitrogens is 3. The zero-order valence-corrected chi connectivity index (χ0v) is 12.5. The van der Waals surface area contributed by atoms with Crippen molar-refractivity contribution in [3.8, 4) is 0 Å². The Kier molecular flexibility index (Phi) is 3.80. The number of nitrogens with one attached hydrogen (secondary N) is 1. The van der Waals surface area contributed by atoms with Crippen molar-refractivity contribution in [3.05, 3.63) is 47.5 Å². The predicted molar refractivity (Wildman–Crippen MR) is 82.9 cm³/mol. The Labute approximate surface area is 122 Å². The molecule has 0 aliphatic heterocycles. The van der Waals surface area contributed by atoms with Gasteiger partial charge in [-0.1, -0.05) is 0 Å². The van der Waals surface area contributed by atoms with Crippen molar-refractivity contribution in [1.29, 1.82) is 0 Å². The lowest BCUT2D eigenvalue weighted by molar-refractivity contribution is 0.535. The molecule has 0 aliphatic carbocycles. The maximum Gasteiger partial charge on any atom is 0.108 e. The normalized spacial score (nSPS) is 12.9. The summed E-state index contributed by atoms with van der Waals surface area (Å²) in [6.07, 6.45) is 7.79. The number of aryl methyl sites for hydroxylation is 2. The highest BCUT2D eigenvalue weighted by atomic mass is 32.1. The second-order valence-corrected chi connectivity index (χ2v) is 5.85. The van der Waals surface area contributed by atoms with Crippen LogP contribution in [0.2, 0.25) is 0 Å². The smallest absolute Gasteiger partial charge is 0.108 e. The van der Waals surface area contributed by atoms with Gasteiger partial charge in [0, 0.05) is 38.1 Å². The monoisotopic (exact) mass is 286 g/mol. The van der Waals surface area contributed by atoms with E-state index in [-0.39, 0.29) is 0 Å². The van der Waals surface area contributed by atoms with Crippen molar-refractivity contribution in [2.45, 2.75) is 18.9 Å². The molecule has 3 heterocycles. The molecule has 0 saturated carbocycles. The largest absolute Gasteiger partial charge is 0.338 e. The average molecular weight is 286 g/mol. The van der Waals surface area contributed by atoms with E-state index in [1.165, 1.54) is 10.3 Å². The third kappa shape index (κ3) is 2.59. The molecule has 0 spiro atoms. The topological polar surface area (TPSA) is 42.7 Å². The Balaban J connectivity index is 1.76. The Morgan fingerprint density at radius 2 is 2.30 bits per heavy atom. The molecule has 0 bridgehead atoms. The first-order valence-electron chi connectivity index (χ1n) is 6.74. The maximum atomic E-state index is 4.52. The van der Waals surface area contributed by atoms with Crippen molar-refractivity contribution in [2.24, 2.45) is 7.05 Å². The van der Waals surface area contributed by atoms with Gasteiger partial charge < -0.3 is 9.88 Å². The third-order valence-corrected chi connectivity index (χ3v) is 4.51. The van der Waals surface area contributed by atoms with E-state index in [1.54, 1.807) is 11.3 Å². The lowest BCUT2D eigenvalue weighted by atomic mass is 10.0. The Morgan fingerprint density at radius 1 is 1.40 bits per heavy atom. The van der Waals surface area contributed by atoms with Gasteiger partial charge in [-0.25, -0.2) is 4.98 Å². The number of rotatable bonds is 5. The zero-order chi connectivity index (χ0) is 13.9. The van der Waals surface area contributed by atoms with Gasteiger partial charge in [-0.05, 0) is 36.5 Å². The van der Waals surface area contributed by atoms with Crippen molar-refractivity contribution >= 4 is 21.6 Å². The molecule has 3 aromatic rings. The van der Waals surface area contributed by atoms with Gasteiger partial charge in [0.05, 0.1) is 10.2 Å². The van der Waals surface area contributed by atoms with Crippen molar-refractivity contribution in [3.63, 3.8) is 0 Å². The first-order valence-corrected chi connectivity index (χ1v) is 7.62. The molecule has 0 amide bonds. The van der Waals surface area contributed by atoms with E-state index >= 15 is 0 Å². The molecule has 1 atom stereocenters. The van der Waals surface area contributed by atoms with E-state index in [0.717, 1.165) is 24.2 Å². The average Bonchev–Trinajstić information content (AvgIpc) is 3.08. The van der Waals surface area contributed by atoms with E-state index in [0.29, 0.717) is 6.04 Å². The molecule has 20 heavy (non-hydrogen) atoms. The fraction of sp³-hybridized carbons (Fsp3) is 0.333. The third-order valence-electron chi connectivity index (χ3n) is 3.65. The minimum atomic E-state index is 0.311. The van der Waals surface area contributed by atoms with Gasteiger partial charge in [0.1, 0.15) is 5.82 Å². The molecular formula is C15H18N4S. The predicted octanol–water partition coefficient (Wildman–Crippen LogP) is 2.92. The zero-order valence-electron chi connectivity index (χ0n) is 11.7. The number of thiophene rings is 1. The lowest BCUT2D eigenvalue weighted by Crippen LogP contribution is -2.18. The molecule has 1 N–H and O–H groups in total. The van der Waals surface area contributed by atoms with Crippen LogP contribution in [0.15, 0.2) is 36.1 Å². The summed E-state index contributed by atoms with van der Waals surface area (Å²) < 4.78 is 3.33. The Hall–Kier alpha value is -1.72. The van der Waals surface area contributed by atoms with Crippen LogP contribution in [0, 0.1) is 0 Å². The molecule has 5 heteroatoms. The molecule has 1 unspecified atom stereocenters. The highest BCUT2D eigenvalue weighted by molar-refractivity contribution is 7.17. The van der Waals surface area contributed by atoms with Crippen molar-refractivity contribution < 1.29 is 0 Å². The minimum absolute atomic E-state index is 0.311. The van der Waals surface area contributed by atoms with Crippen LogP contribution in [0.3, 0.4) is 0 Å². The molecule has 0 radical (unpaired) electrons. The summed E-state index contributed by atoms with van der Waals surface area (Å²) in [5, 5.41) is 5.47. The molecule has 0 aliphatic rings. The first kappa shape index (κ1) is 13.3. The second-order valence-electron chi connectivity index (χ2n) is 4.91. The standard InChI is InChI=1S/C15H18N4S/c1-16-12(3-4-15-17-6-7-19(15)2)11-9-14-13(18-10-11)5-8-20-14/h5-10,12,16H,3-4H2,1-2H3. The van der Waals surface area contributed by atoms with E-state index in [2.05, 4.69) is 37.4 Å². The first-order chi connectivity index (χ1) is 9.78. The molecule has 3 aromatic heterocycles. The van der Waals surface area contributed by atoms with Gasteiger partial charge in [0.15, 0.2) is 0 Å². The van der Waals surface area contributed by atoms with E-state index in [4.69, 9.17) is 0 Å². The van der Waals surface area contributed by atoms with Crippen LogP contribution >= 0.6 is 11.3 Å². The highest BCUT2D eigenvalue weighted by Crippen LogP contribution is 2.24. The minimum Gasteiger partial charge on any atom is -0.338 e. The Bertz CT molecular complexity index is 701. The van der Waals surface area contributed by atoms with Crippen molar-refractivity contribution in [2.75, 3.05) is 7.05 Å². The van der Waals surface area contributed by atoms with Crippen LogP contribution in [0.5, 0.6) is 0 Å². The molecule has 3 rings (SSSR count). The number of fused-ring (bicyclic) bond motifs is 1. The molecule has 104 valence electrons. The summed E-state index contributed by atoms with van der Waals surface area (Å²) in [5.41, 5.74) is 2.33. The van der Waals surface area contributed by atoms with E-state index in [1.807, 2.05) is 32.7 Å². The SMILES string of the molecule is CNC(CCc1nccn1C)c1cnc2ccsc2c1. The number of hydrogen-bond donors (Lipinski definition) is 1. The fourth-order valence-corrected chi connectivity index (χ4v) is 3.23. The number of hydrogen-bond acceptors (Lipinski definition) is 4. The lowest BCUT2D eigenvalue weighted by Gasteiger charge is -2.16. The fourth-order valence-electron chi connectivity index (χ4n) is 2.44. The van der Waals surface area contributed by atoms with Crippen LogP contribution in [0.25, 0.3) is 10.2 Å². The van der Waals surface area contributed by atoms with Crippen LogP contribution in [0.1, 0.15) is 23.9 Å². The summed E-state index contributed by atoms with van der Waals surface area (Å²) in [4.78, 5) is 8.90. The maximum absolute atomic E-state index is 4.52. The molecular weight excluding hydrogens is 268 g/mol. The molecule has 4 nitrogen and oxygen atoms in total. The summed E-state index contributed by atoms with van der Waals surface area (Å²) in [7, 11) is 4.04. The van der Waals surface area contributed by atoms with Gasteiger partial charge in [-0.2, -0.15) is 0 Å². The van der Waals surface area contributed by atoms with E-state index in [9.17, 15) is 0 Å². The van der Waals surface area contributed by atoms with Crippen LogP contribution in [0.4, 0.5) is 0 Å². The summed E-state index contributed by atoms with van der Waals surface area (Å²) in [6.45, 7) is 0. The van der Waals surface area contributed by atoms with Crippen LogP contribution in [-0.4, -0.2) is 21.6 Å². The molecule has 0 aromatic carbocycles. The highest BCUT2D eigenvalue weighted by Gasteiger charge is 2.12. The van der Waals surface area contributed by atoms with Crippen LogP contribution in [-0.2, 0) is 13.5 Å². The number of nitrogens with zero attached hydrogens (tertiary/aromatic N) is 3. The van der Waals surface area contributed by atoms with Gasteiger partial charge >= 0.3 is 0 Å². The second kappa shape index (κ2) is 5.73. The summed E-state index contributed by atoms with van der Waals surface area (Å²) >= 11 is 1.74.